The molecule has 1 aliphatic rings. The Morgan fingerprint density at radius 2 is 1.81 bits per heavy atom. The van der Waals surface area contributed by atoms with E-state index in [4.69, 9.17) is 44.0 Å². The minimum Gasteiger partial charge on any atom is -0.457 e. The van der Waals surface area contributed by atoms with Gasteiger partial charge in [-0.05, 0) is 48.5 Å². The van der Waals surface area contributed by atoms with E-state index in [9.17, 15) is 4.79 Å². The van der Waals surface area contributed by atoms with E-state index in [1.54, 1.807) is 36.4 Å². The molecule has 0 bridgehead atoms. The molecule has 0 saturated carbocycles. The van der Waals surface area contributed by atoms with Gasteiger partial charge in [0.05, 0.1) is 34.0 Å². The Balaban J connectivity index is 1.40. The summed E-state index contributed by atoms with van der Waals surface area (Å²) in [6, 6.07) is 14.3. The molecule has 1 N–H and O–H groups in total. The van der Waals surface area contributed by atoms with E-state index in [0.29, 0.717) is 51.1 Å². The molecule has 1 saturated heterocycles. The number of halogens is 3. The topological polar surface area (TPSA) is 54.7 Å². The molecule has 2 aromatic carbocycles. The molecular formula is C23H19Cl3N2O3. The van der Waals surface area contributed by atoms with Gasteiger partial charge >= 0.3 is 0 Å². The molecule has 0 unspecified atom stereocenters. The SMILES string of the molecule is O=C(C=Cc1ccc(-c2cccc(Cl)c2Cl)o1)Nc1ccc(N2CCOCC2)c(Cl)c1. The van der Waals surface area contributed by atoms with E-state index in [-0.39, 0.29) is 5.91 Å². The molecule has 31 heavy (non-hydrogen) atoms. The average molecular weight is 478 g/mol. The van der Waals surface area contributed by atoms with Crippen molar-refractivity contribution in [2.75, 3.05) is 36.5 Å². The highest BCUT2D eigenvalue weighted by Gasteiger charge is 2.15. The van der Waals surface area contributed by atoms with E-state index in [2.05, 4.69) is 10.2 Å². The van der Waals surface area contributed by atoms with Crippen molar-refractivity contribution in [1.82, 2.24) is 0 Å². The number of hydrogen-bond acceptors (Lipinski definition) is 4. The first kappa shape index (κ1) is 21.8. The van der Waals surface area contributed by atoms with E-state index < -0.39 is 0 Å². The number of hydrogen-bond donors (Lipinski definition) is 1. The second-order valence-electron chi connectivity index (χ2n) is 6.89. The van der Waals surface area contributed by atoms with E-state index in [0.717, 1.165) is 18.8 Å². The molecule has 8 heteroatoms. The average Bonchev–Trinajstić information content (AvgIpc) is 3.24. The third kappa shape index (κ3) is 5.25. The molecule has 5 nitrogen and oxygen atoms in total. The van der Waals surface area contributed by atoms with Gasteiger partial charge in [-0.25, -0.2) is 0 Å². The Bertz CT molecular complexity index is 1120. The van der Waals surface area contributed by atoms with Crippen molar-refractivity contribution in [3.8, 4) is 11.3 Å². The zero-order valence-electron chi connectivity index (χ0n) is 16.4. The Hall–Kier alpha value is -2.44. The Morgan fingerprint density at radius 1 is 1.00 bits per heavy atom. The number of benzene rings is 2. The minimum absolute atomic E-state index is 0.297. The van der Waals surface area contributed by atoms with E-state index >= 15 is 0 Å². The molecule has 0 atom stereocenters. The zero-order valence-corrected chi connectivity index (χ0v) is 18.7. The van der Waals surface area contributed by atoms with Gasteiger partial charge < -0.3 is 19.4 Å². The van der Waals surface area contributed by atoms with Crippen molar-refractivity contribution in [2.24, 2.45) is 0 Å². The van der Waals surface area contributed by atoms with Gasteiger partial charge in [0, 0.05) is 30.4 Å². The minimum atomic E-state index is -0.297. The summed E-state index contributed by atoms with van der Waals surface area (Å²) in [6.07, 6.45) is 2.98. The highest BCUT2D eigenvalue weighted by Crippen LogP contribution is 2.34. The molecule has 0 spiro atoms. The maximum atomic E-state index is 12.3. The first-order valence-electron chi connectivity index (χ1n) is 9.67. The second kappa shape index (κ2) is 9.79. The Labute approximate surface area is 195 Å². The molecule has 1 amide bonds. The van der Waals surface area contributed by atoms with Gasteiger partial charge in [-0.1, -0.05) is 40.9 Å². The lowest BCUT2D eigenvalue weighted by Gasteiger charge is -2.29. The molecule has 3 aromatic rings. The second-order valence-corrected chi connectivity index (χ2v) is 8.08. The fraction of sp³-hybridized carbons (Fsp3) is 0.174. The fourth-order valence-electron chi connectivity index (χ4n) is 3.27. The summed E-state index contributed by atoms with van der Waals surface area (Å²) >= 11 is 18.7. The van der Waals surface area contributed by atoms with Crippen molar-refractivity contribution in [3.05, 3.63) is 75.4 Å². The number of carbonyl (C=O) groups excluding carboxylic acids is 1. The van der Waals surface area contributed by atoms with Gasteiger partial charge in [-0.15, -0.1) is 0 Å². The Morgan fingerprint density at radius 3 is 2.58 bits per heavy atom. The summed E-state index contributed by atoms with van der Waals surface area (Å²) < 4.78 is 11.1. The zero-order chi connectivity index (χ0) is 21.8. The van der Waals surface area contributed by atoms with Gasteiger partial charge in [0.25, 0.3) is 0 Å². The molecule has 4 rings (SSSR count). The normalized spacial score (nSPS) is 14.2. The van der Waals surface area contributed by atoms with Gasteiger partial charge in [0.1, 0.15) is 11.5 Å². The Kier molecular flexibility index (Phi) is 6.88. The maximum Gasteiger partial charge on any atom is 0.248 e. The fourth-order valence-corrected chi connectivity index (χ4v) is 3.96. The van der Waals surface area contributed by atoms with Crippen LogP contribution in [0.5, 0.6) is 0 Å². The number of morpholine rings is 1. The van der Waals surface area contributed by atoms with Crippen LogP contribution in [0.1, 0.15) is 5.76 Å². The monoisotopic (exact) mass is 476 g/mol. The quantitative estimate of drug-likeness (QED) is 0.432. The van der Waals surface area contributed by atoms with Crippen LogP contribution in [-0.2, 0) is 9.53 Å². The standard InChI is InChI=1S/C23H19Cl3N2O3/c24-18-3-1-2-17(23(18)26)21-8-5-16(31-21)6-9-22(29)27-15-4-7-20(19(25)14-15)28-10-12-30-13-11-28/h1-9,14H,10-13H2,(H,27,29). The van der Waals surface area contributed by atoms with Crippen molar-refractivity contribution in [1.29, 1.82) is 0 Å². The van der Waals surface area contributed by atoms with Crippen molar-refractivity contribution in [2.45, 2.75) is 0 Å². The number of carbonyl (C=O) groups is 1. The molecule has 2 heterocycles. The predicted molar refractivity (Wildman–Crippen MR) is 126 cm³/mol. The van der Waals surface area contributed by atoms with Gasteiger partial charge in [-0.2, -0.15) is 0 Å². The first-order valence-corrected chi connectivity index (χ1v) is 10.8. The summed E-state index contributed by atoms with van der Waals surface area (Å²) in [6.45, 7) is 2.94. The van der Waals surface area contributed by atoms with E-state index in [1.807, 2.05) is 18.2 Å². The number of furan rings is 1. The van der Waals surface area contributed by atoms with Gasteiger partial charge in [-0.3, -0.25) is 4.79 Å². The highest BCUT2D eigenvalue weighted by molar-refractivity contribution is 6.43. The first-order chi connectivity index (χ1) is 15.0. The molecule has 1 aliphatic heterocycles. The summed E-state index contributed by atoms with van der Waals surface area (Å²) in [5.74, 6) is 0.786. The number of ether oxygens (including phenoxy) is 1. The predicted octanol–water partition coefficient (Wildman–Crippen LogP) is 6.40. The van der Waals surface area contributed by atoms with Crippen molar-refractivity contribution >= 4 is 58.2 Å². The van der Waals surface area contributed by atoms with Crippen molar-refractivity contribution in [3.63, 3.8) is 0 Å². The third-order valence-electron chi connectivity index (χ3n) is 4.81. The summed E-state index contributed by atoms with van der Waals surface area (Å²) in [4.78, 5) is 14.5. The van der Waals surface area contributed by atoms with Crippen molar-refractivity contribution < 1.29 is 13.9 Å². The summed E-state index contributed by atoms with van der Waals surface area (Å²) in [5, 5.41) is 4.26. The summed E-state index contributed by atoms with van der Waals surface area (Å²) in [5.41, 5.74) is 2.23. The number of rotatable bonds is 5. The van der Waals surface area contributed by atoms with Gasteiger partial charge in [0.15, 0.2) is 0 Å². The lowest BCUT2D eigenvalue weighted by Crippen LogP contribution is -2.36. The number of anilines is 2. The largest absolute Gasteiger partial charge is 0.457 e. The van der Waals surface area contributed by atoms with Crippen LogP contribution in [0.3, 0.4) is 0 Å². The molecule has 160 valence electrons. The number of amides is 1. The van der Waals surface area contributed by atoms with Crippen LogP contribution in [0.4, 0.5) is 11.4 Å². The van der Waals surface area contributed by atoms with Crippen LogP contribution in [0.25, 0.3) is 17.4 Å². The molecule has 0 aliphatic carbocycles. The van der Waals surface area contributed by atoms with Crippen LogP contribution in [0.15, 0.2) is 59.0 Å². The van der Waals surface area contributed by atoms with Crippen LogP contribution >= 0.6 is 34.8 Å². The third-order valence-corrected chi connectivity index (χ3v) is 5.93. The lowest BCUT2D eigenvalue weighted by molar-refractivity contribution is -0.111. The molecule has 1 fully saturated rings. The van der Waals surface area contributed by atoms with Crippen LogP contribution in [0.2, 0.25) is 15.1 Å². The number of nitrogens with one attached hydrogen (secondary N) is 1. The molecule has 0 radical (unpaired) electrons. The molecule has 1 aromatic heterocycles. The number of nitrogens with zero attached hydrogens (tertiary/aromatic N) is 1. The smallest absolute Gasteiger partial charge is 0.248 e. The maximum absolute atomic E-state index is 12.3. The van der Waals surface area contributed by atoms with Crippen LogP contribution in [0, 0.1) is 0 Å². The highest BCUT2D eigenvalue weighted by atomic mass is 35.5. The van der Waals surface area contributed by atoms with Gasteiger partial charge in [0.2, 0.25) is 5.91 Å². The lowest BCUT2D eigenvalue weighted by atomic mass is 10.2. The van der Waals surface area contributed by atoms with Crippen LogP contribution in [-0.4, -0.2) is 32.2 Å². The summed E-state index contributed by atoms with van der Waals surface area (Å²) in [7, 11) is 0. The van der Waals surface area contributed by atoms with Crippen LogP contribution < -0.4 is 10.2 Å². The molecular weight excluding hydrogens is 459 g/mol. The van der Waals surface area contributed by atoms with E-state index in [1.165, 1.54) is 6.08 Å².